The standard InChI is InChI=1S/C36H4F4N10/c1-47-21-8-7-17(34(39)35(21)40)28-31(23(14-46)49-3)27-19(11-43)25-18(10-42)24(16-6-5-15(9-41)32(37)33(16)38)30(22(13-45)48-2)26(25)20(12-44)29(27)36(28)50-4/h5-8H/b30-22-,31-23-. The highest BCUT2D eigenvalue weighted by atomic mass is 19.2. The van der Waals surface area contributed by atoms with Gasteiger partial charge in [-0.05, 0) is 34.4 Å². The Morgan fingerprint density at radius 2 is 1.06 bits per heavy atom. The summed E-state index contributed by atoms with van der Waals surface area (Å²) in [6.07, 6.45) is 0. The topological polar surface area (TPSA) is 160 Å². The highest BCUT2D eigenvalue weighted by molar-refractivity contribution is 6.31. The summed E-state index contributed by atoms with van der Waals surface area (Å²) in [6, 6.07) is 13.3. The first-order valence-electron chi connectivity index (χ1n) is 13.2. The van der Waals surface area contributed by atoms with Crippen LogP contribution in [0.1, 0.15) is 50.1 Å². The van der Waals surface area contributed by atoms with E-state index in [1.165, 1.54) is 6.07 Å². The lowest BCUT2D eigenvalue weighted by molar-refractivity contribution is 0.504. The third kappa shape index (κ3) is 4.17. The van der Waals surface area contributed by atoms with Crippen molar-refractivity contribution in [3.8, 4) is 36.4 Å². The molecule has 0 spiro atoms. The zero-order valence-electron chi connectivity index (χ0n) is 24.3. The van der Waals surface area contributed by atoms with Crippen LogP contribution in [-0.2, 0) is 0 Å². The summed E-state index contributed by atoms with van der Waals surface area (Å²) >= 11 is 0. The highest BCUT2D eigenvalue weighted by Gasteiger charge is 2.44. The molecule has 3 aromatic carbocycles. The molecule has 0 saturated carbocycles. The molecule has 226 valence electrons. The van der Waals surface area contributed by atoms with Gasteiger partial charge in [0.05, 0.1) is 66.8 Å². The first-order chi connectivity index (χ1) is 24.1. The Morgan fingerprint density at radius 3 is 1.56 bits per heavy atom. The van der Waals surface area contributed by atoms with Gasteiger partial charge in [-0.1, -0.05) is 12.1 Å². The Balaban J connectivity index is 2.13. The van der Waals surface area contributed by atoms with Crippen LogP contribution in [0.25, 0.3) is 52.9 Å². The second-order valence-corrected chi connectivity index (χ2v) is 9.84. The van der Waals surface area contributed by atoms with Crippen molar-refractivity contribution in [1.82, 2.24) is 0 Å². The Bertz CT molecular complexity index is 2580. The van der Waals surface area contributed by atoms with Gasteiger partial charge < -0.3 is 0 Å². The number of fused-ring (bicyclic) bond motifs is 2. The van der Waals surface area contributed by atoms with E-state index < -0.39 is 124 Å². The van der Waals surface area contributed by atoms with Crippen molar-refractivity contribution in [2.45, 2.75) is 0 Å². The van der Waals surface area contributed by atoms with E-state index in [0.717, 1.165) is 24.3 Å². The van der Waals surface area contributed by atoms with E-state index in [1.807, 2.05) is 0 Å². The van der Waals surface area contributed by atoms with Crippen LogP contribution in [0.3, 0.4) is 0 Å². The maximum Gasteiger partial charge on any atom is 0.270 e. The Hall–Kier alpha value is -8.76. The van der Waals surface area contributed by atoms with E-state index in [1.54, 1.807) is 30.3 Å². The summed E-state index contributed by atoms with van der Waals surface area (Å²) < 4.78 is 61.2. The monoisotopic (exact) mass is 652 g/mol. The van der Waals surface area contributed by atoms with Gasteiger partial charge in [0.25, 0.3) is 11.4 Å². The summed E-state index contributed by atoms with van der Waals surface area (Å²) in [7, 11) is 0. The summed E-state index contributed by atoms with van der Waals surface area (Å²) in [5.41, 5.74) is -12.0. The van der Waals surface area contributed by atoms with Gasteiger partial charge in [-0.15, -0.1) is 0 Å². The summed E-state index contributed by atoms with van der Waals surface area (Å²) in [6.45, 7) is 30.5. The van der Waals surface area contributed by atoms with Crippen LogP contribution in [0, 0.1) is 118 Å². The van der Waals surface area contributed by atoms with Crippen molar-refractivity contribution >= 4 is 39.2 Å². The van der Waals surface area contributed by atoms with Gasteiger partial charge in [-0.2, -0.15) is 21.0 Å². The zero-order valence-corrected chi connectivity index (χ0v) is 24.3. The normalized spacial score (nSPS) is 14.1. The molecular weight excluding hydrogens is 648 g/mol. The molecule has 50 heavy (non-hydrogen) atoms. The molecule has 0 atom stereocenters. The minimum Gasteiger partial charge on any atom is -0.237 e. The lowest BCUT2D eigenvalue weighted by atomic mass is 9.84. The van der Waals surface area contributed by atoms with Gasteiger partial charge in [-0.3, -0.25) is 0 Å². The van der Waals surface area contributed by atoms with E-state index >= 15 is 8.78 Å². The van der Waals surface area contributed by atoms with E-state index in [0.29, 0.717) is 0 Å². The van der Waals surface area contributed by atoms with E-state index in [2.05, 4.69) is 19.4 Å². The number of rotatable bonds is 2. The molecule has 14 heteroatoms. The molecule has 0 bridgehead atoms. The molecule has 0 aromatic heterocycles. The predicted molar refractivity (Wildman–Crippen MR) is 164 cm³/mol. The molecule has 5 rings (SSSR count). The number of benzene rings is 3. The lowest BCUT2D eigenvalue weighted by Crippen LogP contribution is -2.04. The van der Waals surface area contributed by atoms with Crippen LogP contribution < -0.4 is 0 Å². The Morgan fingerprint density at radius 1 is 0.540 bits per heavy atom. The maximum atomic E-state index is 15.6. The maximum absolute atomic E-state index is 15.6. The molecule has 0 N–H and O–H groups in total. The van der Waals surface area contributed by atoms with E-state index in [4.69, 9.17) is 26.3 Å². The van der Waals surface area contributed by atoms with Crippen LogP contribution in [0.15, 0.2) is 35.7 Å². The number of nitrogens with zero attached hydrogens (tertiary/aromatic N) is 10. The highest BCUT2D eigenvalue weighted by Crippen LogP contribution is 2.59. The van der Waals surface area contributed by atoms with Gasteiger partial charge in [0.2, 0.25) is 11.4 Å². The van der Waals surface area contributed by atoms with Crippen molar-refractivity contribution in [1.29, 1.82) is 31.6 Å². The van der Waals surface area contributed by atoms with Crippen molar-refractivity contribution < 1.29 is 17.6 Å². The van der Waals surface area contributed by atoms with Gasteiger partial charge in [0.15, 0.2) is 23.3 Å². The third-order valence-electron chi connectivity index (χ3n) is 7.75. The summed E-state index contributed by atoms with van der Waals surface area (Å²) in [5.74, 6) is -6.66. The van der Waals surface area contributed by atoms with Gasteiger partial charge >= 0.3 is 0 Å². The van der Waals surface area contributed by atoms with Gasteiger partial charge in [0, 0.05) is 33.4 Å². The van der Waals surface area contributed by atoms with Crippen molar-refractivity contribution in [2.75, 3.05) is 0 Å². The van der Waals surface area contributed by atoms with E-state index in [9.17, 15) is 40.4 Å². The summed E-state index contributed by atoms with van der Waals surface area (Å²) in [4.78, 5) is 12.5. The average Bonchev–Trinajstić information content (AvgIpc) is 3.64. The fraction of sp³-hybridized carbons (Fsp3) is 0. The molecule has 0 radical (unpaired) electrons. The number of hydrogen-bond donors (Lipinski definition) is 0. The molecule has 10 nitrogen and oxygen atoms in total. The molecule has 0 amide bonds. The molecule has 2 aliphatic rings. The number of nitriles is 6. The Kier molecular flexibility index (Phi) is 7.97. The van der Waals surface area contributed by atoms with Crippen molar-refractivity contribution in [3.05, 3.63) is 155 Å². The quantitative estimate of drug-likeness (QED) is 0.155. The molecule has 0 aliphatic heterocycles. The van der Waals surface area contributed by atoms with Crippen molar-refractivity contribution in [2.24, 2.45) is 0 Å². The molecule has 0 heterocycles. The number of allylic oxidation sites excluding steroid dienone is 7. The fourth-order valence-corrected chi connectivity index (χ4v) is 5.85. The predicted octanol–water partition coefficient (Wildman–Crippen LogP) is 7.97. The first-order valence-corrected chi connectivity index (χ1v) is 13.2. The summed E-state index contributed by atoms with van der Waals surface area (Å²) in [5, 5.41) is 60.8. The second kappa shape index (κ2) is 12.2. The van der Waals surface area contributed by atoms with Gasteiger partial charge in [-0.25, -0.2) is 47.5 Å². The van der Waals surface area contributed by atoms with Crippen LogP contribution in [0.5, 0.6) is 0 Å². The fourth-order valence-electron chi connectivity index (χ4n) is 5.85. The molecule has 0 fully saturated rings. The van der Waals surface area contributed by atoms with Crippen LogP contribution in [0.2, 0.25) is 0 Å². The van der Waals surface area contributed by atoms with Crippen molar-refractivity contribution in [3.63, 3.8) is 0 Å². The molecule has 3 aromatic rings. The molecular formula is C36H4F4N10. The molecule has 0 saturated heterocycles. The van der Waals surface area contributed by atoms with E-state index in [-0.39, 0.29) is 0 Å². The van der Waals surface area contributed by atoms with Crippen LogP contribution in [-0.4, -0.2) is 0 Å². The third-order valence-corrected chi connectivity index (χ3v) is 7.75. The average molecular weight is 652 g/mol. The number of hydrogen-bond acceptors (Lipinski definition) is 6. The van der Waals surface area contributed by atoms with Crippen LogP contribution in [0.4, 0.5) is 23.2 Å². The minimum atomic E-state index is -1.69. The number of halogens is 4. The second-order valence-electron chi connectivity index (χ2n) is 9.84. The first kappa shape index (κ1) is 32.6. The molecule has 0 unspecified atom stereocenters. The zero-order chi connectivity index (χ0) is 36.6. The Labute approximate surface area is 279 Å². The lowest BCUT2D eigenvalue weighted by Gasteiger charge is -2.17. The smallest absolute Gasteiger partial charge is 0.237 e. The molecule has 2 aliphatic carbocycles. The van der Waals surface area contributed by atoms with Gasteiger partial charge in [0.1, 0.15) is 18.2 Å². The largest absolute Gasteiger partial charge is 0.270 e. The minimum absolute atomic E-state index is 0.522. The SMILES string of the molecule is [C-]#[N+]C1=C(c2ccc([N+]#[C-])c(F)c2F)/C(=C(/C#N)[N+]#[C-])c2c(C#N)c3c(c(C#N)c21)/C(=C(/C#N)[N+]#[C-])C(c1ccc(C#N)c(F)c1F)=C3C#N. The van der Waals surface area contributed by atoms with Crippen LogP contribution >= 0.6 is 0 Å².